The van der Waals surface area contributed by atoms with Crippen LogP contribution in [0.1, 0.15) is 39.7 Å². The number of carbonyl (C=O) groups is 2. The van der Waals surface area contributed by atoms with Gasteiger partial charge in [-0.15, -0.1) is 11.1 Å². The second-order valence-corrected chi connectivity index (χ2v) is 7.63. The molecule has 0 fully saturated rings. The molecule has 36 heavy (non-hydrogen) atoms. The van der Waals surface area contributed by atoms with E-state index in [9.17, 15) is 18.5 Å². The Labute approximate surface area is 218 Å². The molecule has 0 aliphatic carbocycles. The molecule has 0 aliphatic rings. The maximum absolute atomic E-state index is 13.6. The van der Waals surface area contributed by atoms with Gasteiger partial charge in [0.2, 0.25) is 0 Å². The summed E-state index contributed by atoms with van der Waals surface area (Å²) in [6.45, 7) is 10.9. The summed E-state index contributed by atoms with van der Waals surface area (Å²) in [5.74, 6) is -1.13. The molecule has 1 aromatic carbocycles. The quantitative estimate of drug-likeness (QED) is 0.136. The number of allylic oxidation sites excluding steroid dienone is 2. The monoisotopic (exact) mass is 525 g/mol. The Morgan fingerprint density at radius 1 is 1.25 bits per heavy atom. The number of halogens is 3. The summed E-state index contributed by atoms with van der Waals surface area (Å²) < 4.78 is 25.9. The van der Waals surface area contributed by atoms with Crippen molar-refractivity contribution in [2.75, 3.05) is 33.7 Å². The van der Waals surface area contributed by atoms with Crippen LogP contribution in [0.2, 0.25) is 5.02 Å². The average Bonchev–Trinajstić information content (AvgIpc) is 2.82. The summed E-state index contributed by atoms with van der Waals surface area (Å²) in [6, 6.07) is 3.92. The highest BCUT2D eigenvalue weighted by atomic mass is 35.5. The predicted octanol–water partition coefficient (Wildman–Crippen LogP) is 5.49. The van der Waals surface area contributed by atoms with E-state index in [0.717, 1.165) is 16.7 Å². The first kappa shape index (κ1) is 35.0. The Morgan fingerprint density at radius 2 is 1.86 bits per heavy atom. The van der Waals surface area contributed by atoms with Gasteiger partial charge in [0.25, 0.3) is 5.91 Å². The van der Waals surface area contributed by atoms with Gasteiger partial charge in [0.1, 0.15) is 17.8 Å². The van der Waals surface area contributed by atoms with Crippen LogP contribution < -0.4 is 5.54 Å². The fraction of sp³-hybridized carbons (Fsp3) is 0.385. The maximum atomic E-state index is 13.6. The van der Waals surface area contributed by atoms with E-state index in [0.29, 0.717) is 11.8 Å². The Bertz CT molecular complexity index is 897. The van der Waals surface area contributed by atoms with E-state index in [1.165, 1.54) is 41.3 Å². The van der Waals surface area contributed by atoms with Gasteiger partial charge in [0.05, 0.1) is 6.54 Å². The minimum absolute atomic E-state index is 0.0469. The maximum Gasteiger partial charge on any atom is 0.274 e. The third-order valence-corrected chi connectivity index (χ3v) is 3.96. The van der Waals surface area contributed by atoms with E-state index < -0.39 is 11.7 Å². The van der Waals surface area contributed by atoms with Gasteiger partial charge >= 0.3 is 0 Å². The minimum atomic E-state index is -0.600. The van der Waals surface area contributed by atoms with E-state index in [1.807, 2.05) is 6.92 Å². The van der Waals surface area contributed by atoms with Crippen LogP contribution in [0.5, 0.6) is 0 Å². The van der Waals surface area contributed by atoms with E-state index >= 15 is 0 Å². The number of hydrogen-bond acceptors (Lipinski definition) is 6. The van der Waals surface area contributed by atoms with Crippen LogP contribution in [-0.2, 0) is 9.59 Å². The summed E-state index contributed by atoms with van der Waals surface area (Å²) in [5.41, 5.74) is 2.55. The smallest absolute Gasteiger partial charge is 0.274 e. The molecular weight excluding hydrogens is 488 g/mol. The molecule has 0 atom stereocenters. The molecule has 0 aliphatic heterocycles. The second-order valence-electron chi connectivity index (χ2n) is 7.19. The lowest BCUT2D eigenvalue weighted by Gasteiger charge is -2.20. The lowest BCUT2D eigenvalue weighted by Crippen LogP contribution is -2.41. The number of nitrogens with one attached hydrogen (secondary N) is 1. The van der Waals surface area contributed by atoms with Crippen molar-refractivity contribution in [2.24, 2.45) is 10.1 Å². The molecule has 0 saturated carbocycles. The number of benzene rings is 1. The molecule has 0 unspecified atom stereocenters. The number of rotatable bonds is 11. The molecule has 1 N–H and O–H groups in total. The Balaban J connectivity index is 0. The van der Waals surface area contributed by atoms with Crippen LogP contribution >= 0.6 is 11.6 Å². The normalized spacial score (nSPS) is 11.4. The Kier molecular flexibility index (Phi) is 21.7. The SMILES string of the molecule is C=CC.CCC.CN=C(C)/C=C/N(C)/N=C(\C=C\c1cc(F)cc(Cl)c1)C(=O)N(CC=O)CCNF. The molecule has 10 heteroatoms. The molecule has 0 saturated heterocycles. The van der Waals surface area contributed by atoms with Gasteiger partial charge in [-0.05, 0) is 49.8 Å². The first-order valence-electron chi connectivity index (χ1n) is 11.3. The van der Waals surface area contributed by atoms with Gasteiger partial charge in [-0.1, -0.05) is 44.0 Å². The molecule has 0 heterocycles. The van der Waals surface area contributed by atoms with Crippen LogP contribution in [0.25, 0.3) is 6.08 Å². The van der Waals surface area contributed by atoms with Crippen LogP contribution in [-0.4, -0.2) is 67.3 Å². The lowest BCUT2D eigenvalue weighted by atomic mass is 10.1. The van der Waals surface area contributed by atoms with Gasteiger partial charge < -0.3 is 9.69 Å². The number of carbonyl (C=O) groups excluding carboxylic acids is 2. The minimum Gasteiger partial charge on any atom is -0.329 e. The highest BCUT2D eigenvalue weighted by Gasteiger charge is 2.18. The van der Waals surface area contributed by atoms with E-state index in [2.05, 4.69) is 30.5 Å². The Morgan fingerprint density at radius 3 is 2.36 bits per heavy atom. The summed E-state index contributed by atoms with van der Waals surface area (Å²) in [5, 5.41) is 5.81. The number of aldehydes is 1. The molecule has 0 bridgehead atoms. The van der Waals surface area contributed by atoms with Crippen molar-refractivity contribution in [3.63, 3.8) is 0 Å². The second kappa shape index (κ2) is 22.3. The molecule has 7 nitrogen and oxygen atoms in total. The third-order valence-electron chi connectivity index (χ3n) is 3.75. The first-order chi connectivity index (χ1) is 17.1. The molecule has 0 radical (unpaired) electrons. The van der Waals surface area contributed by atoms with E-state index in [1.54, 1.807) is 39.4 Å². The molecule has 0 aromatic heterocycles. The standard InChI is InChI=1S/C20H24ClF2N5O2.C3H8.C3H6/c1-15(24-2)6-8-27(3)26-19(20(30)28(10-11-29)9-7-25-23)5-4-16-12-17(21)14-18(22)13-16;2*1-3-2/h4-6,8,11-14,25H,7,9-10H2,1-3H3;3H2,1-2H3;3H,1H2,2H3/b5-4+,8-6+,24-15?,26-19+;;. The van der Waals surface area contributed by atoms with Crippen LogP contribution in [0.15, 0.2) is 59.3 Å². The summed E-state index contributed by atoms with van der Waals surface area (Å²) >= 11 is 5.86. The van der Waals surface area contributed by atoms with Gasteiger partial charge in [0.15, 0.2) is 0 Å². The largest absolute Gasteiger partial charge is 0.329 e. The summed E-state index contributed by atoms with van der Waals surface area (Å²) in [6.07, 6.45) is 9.66. The van der Waals surface area contributed by atoms with Gasteiger partial charge in [-0.25, -0.2) is 4.39 Å². The number of amides is 1. The van der Waals surface area contributed by atoms with Crippen LogP contribution in [0.4, 0.5) is 8.87 Å². The van der Waals surface area contributed by atoms with Crippen molar-refractivity contribution in [1.29, 1.82) is 0 Å². The Hall–Kier alpha value is -3.17. The highest BCUT2D eigenvalue weighted by molar-refractivity contribution is 6.44. The van der Waals surface area contributed by atoms with Crippen molar-refractivity contribution in [1.82, 2.24) is 15.4 Å². The number of hydrogen-bond donors (Lipinski definition) is 1. The zero-order valence-corrected chi connectivity index (χ0v) is 22.7. The van der Waals surface area contributed by atoms with Crippen molar-refractivity contribution >= 4 is 41.3 Å². The van der Waals surface area contributed by atoms with E-state index in [4.69, 9.17) is 11.6 Å². The molecule has 200 valence electrons. The molecular formula is C26H38ClF2N5O2. The van der Waals surface area contributed by atoms with Crippen LogP contribution in [0.3, 0.4) is 0 Å². The predicted molar refractivity (Wildman–Crippen MR) is 147 cm³/mol. The van der Waals surface area contributed by atoms with Crippen LogP contribution in [0, 0.1) is 5.82 Å². The van der Waals surface area contributed by atoms with Crippen molar-refractivity contribution in [3.05, 3.63) is 65.6 Å². The molecule has 1 aromatic rings. The van der Waals surface area contributed by atoms with Gasteiger partial charge in [0, 0.05) is 44.1 Å². The molecule has 0 spiro atoms. The van der Waals surface area contributed by atoms with Crippen molar-refractivity contribution in [2.45, 2.75) is 34.1 Å². The van der Waals surface area contributed by atoms with Gasteiger partial charge in [-0.3, -0.25) is 14.8 Å². The first-order valence-corrected chi connectivity index (χ1v) is 11.7. The molecule has 1 amide bonds. The topological polar surface area (TPSA) is 77.4 Å². The fourth-order valence-electron chi connectivity index (χ4n) is 2.19. The number of nitrogens with zero attached hydrogens (tertiary/aromatic N) is 4. The van der Waals surface area contributed by atoms with Crippen molar-refractivity contribution in [3.8, 4) is 0 Å². The third kappa shape index (κ3) is 17.3. The van der Waals surface area contributed by atoms with Gasteiger partial charge in [-0.2, -0.15) is 10.6 Å². The zero-order chi connectivity index (χ0) is 27.9. The lowest BCUT2D eigenvalue weighted by molar-refractivity contribution is -0.126. The molecule has 1 rings (SSSR count). The number of hydrazone groups is 1. The van der Waals surface area contributed by atoms with Crippen molar-refractivity contribution < 1.29 is 18.5 Å². The van der Waals surface area contributed by atoms with E-state index in [-0.39, 0.29) is 30.4 Å². The highest BCUT2D eigenvalue weighted by Crippen LogP contribution is 2.15. The number of aliphatic imine (C=N–C) groups is 1. The average molecular weight is 526 g/mol. The zero-order valence-electron chi connectivity index (χ0n) is 22.0. The summed E-state index contributed by atoms with van der Waals surface area (Å²) in [7, 11) is 3.24. The fourth-order valence-corrected chi connectivity index (χ4v) is 2.42. The summed E-state index contributed by atoms with van der Waals surface area (Å²) in [4.78, 5) is 28.9.